The average Bonchev–Trinajstić information content (AvgIpc) is 2.28. The fourth-order valence-electron chi connectivity index (χ4n) is 1.50. The molecule has 2 rings (SSSR count). The summed E-state index contributed by atoms with van der Waals surface area (Å²) in [4.78, 5) is 31.5. The first-order chi connectivity index (χ1) is 8.00. The van der Waals surface area contributed by atoms with Gasteiger partial charge in [-0.15, -0.1) is 0 Å². The van der Waals surface area contributed by atoms with Gasteiger partial charge in [0, 0.05) is 53.0 Å². The number of hydrogen-bond acceptors (Lipinski definition) is 4. The van der Waals surface area contributed by atoms with Gasteiger partial charge < -0.3 is 20.4 Å². The molecule has 0 bridgehead atoms. The number of carbonyl (C=O) groups is 1. The van der Waals surface area contributed by atoms with Gasteiger partial charge in [-0.3, -0.25) is 4.79 Å². The summed E-state index contributed by atoms with van der Waals surface area (Å²) in [5, 5.41) is 0. The van der Waals surface area contributed by atoms with Crippen LogP contribution in [0.2, 0.25) is 0 Å². The molecule has 18 heavy (non-hydrogen) atoms. The van der Waals surface area contributed by atoms with Gasteiger partial charge in [-0.05, 0) is 12.1 Å². The van der Waals surface area contributed by atoms with Gasteiger partial charge in [0.2, 0.25) is 5.43 Å². The Morgan fingerprint density at radius 2 is 2.06 bits per heavy atom. The van der Waals surface area contributed by atoms with E-state index in [4.69, 9.17) is 5.73 Å². The molecule has 2 aromatic heterocycles. The van der Waals surface area contributed by atoms with Gasteiger partial charge in [0.1, 0.15) is 11.3 Å². The van der Waals surface area contributed by atoms with Crippen molar-refractivity contribution in [2.75, 3.05) is 19.0 Å². The van der Waals surface area contributed by atoms with Crippen LogP contribution in [0.1, 0.15) is 10.4 Å². The third kappa shape index (κ3) is 2.59. The summed E-state index contributed by atoms with van der Waals surface area (Å²) < 4.78 is 0. The number of H-pyrrole nitrogens is 1. The number of amides is 1. The molecular weight excluding hydrogens is 309 g/mol. The van der Waals surface area contributed by atoms with Gasteiger partial charge in [0.25, 0.3) is 0 Å². The molecule has 0 unspecified atom stereocenters. The van der Waals surface area contributed by atoms with E-state index < -0.39 is 11.3 Å². The van der Waals surface area contributed by atoms with Crippen LogP contribution in [0.25, 0.3) is 16.8 Å². The van der Waals surface area contributed by atoms with Gasteiger partial charge >= 0.3 is 0 Å². The average molecular weight is 320 g/mol. The van der Waals surface area contributed by atoms with Crippen molar-refractivity contribution in [1.82, 2.24) is 9.97 Å². The number of aromatic nitrogens is 2. The van der Waals surface area contributed by atoms with Crippen LogP contribution in [0.5, 0.6) is 0 Å². The summed E-state index contributed by atoms with van der Waals surface area (Å²) in [6.45, 7) is 0. The standard InChI is InChI=1S/C11H12N4O2.Y/c1-15(2)8-4-3-7-9(14-8)10(16)6(5-13-7)11(12)17;/h3-5H,1-2H3,(H3,12,13,16,17);/p-1. The molecule has 0 aromatic carbocycles. The molecule has 7 heteroatoms. The van der Waals surface area contributed by atoms with E-state index in [9.17, 15) is 9.59 Å². The van der Waals surface area contributed by atoms with Crippen LogP contribution in [0.4, 0.5) is 5.82 Å². The quantitative estimate of drug-likeness (QED) is 0.900. The zero-order chi connectivity index (χ0) is 12.6. The molecule has 0 fully saturated rings. The summed E-state index contributed by atoms with van der Waals surface area (Å²) in [5.74, 6) is -0.386. The summed E-state index contributed by atoms with van der Waals surface area (Å²) in [5.41, 5.74) is 6.99. The predicted octanol–water partition coefficient (Wildman–Crippen LogP) is 1.18. The number of fused-ring (bicyclic) bond motifs is 1. The molecule has 0 spiro atoms. The number of hydrogen-bond donors (Lipinski definition) is 1. The predicted molar refractivity (Wildman–Crippen MR) is 65.3 cm³/mol. The normalized spacial score (nSPS) is 9.89. The van der Waals surface area contributed by atoms with Gasteiger partial charge in [-0.2, -0.15) is 0 Å². The van der Waals surface area contributed by atoms with Gasteiger partial charge in [0.05, 0.1) is 17.0 Å². The fourth-order valence-corrected chi connectivity index (χ4v) is 1.50. The zero-order valence-corrected chi connectivity index (χ0v) is 12.9. The number of carbonyl (C=O) groups excluding carboxylic acids is 1. The molecule has 0 aliphatic rings. The van der Waals surface area contributed by atoms with Gasteiger partial charge in [-0.1, -0.05) is 0 Å². The monoisotopic (exact) mass is 320 g/mol. The molecule has 2 N–H and O–H groups in total. The van der Waals surface area contributed by atoms with Gasteiger partial charge in [0.15, 0.2) is 0 Å². The van der Waals surface area contributed by atoms with Crippen molar-refractivity contribution < 1.29 is 37.5 Å². The Labute approximate surface area is 128 Å². The molecule has 0 aliphatic heterocycles. The Kier molecular flexibility index (Phi) is 4.59. The Balaban J connectivity index is 0.00000162. The Morgan fingerprint density at radius 1 is 1.39 bits per heavy atom. The zero-order valence-electron chi connectivity index (χ0n) is 10.0. The van der Waals surface area contributed by atoms with Crippen molar-refractivity contribution in [2.24, 2.45) is 0 Å². The van der Waals surface area contributed by atoms with Crippen LogP contribution in [0.15, 0.2) is 23.1 Å². The third-order valence-corrected chi connectivity index (χ3v) is 2.42. The molecular formula is C11H11N4O2Y-. The number of rotatable bonds is 2. The Bertz CT molecular complexity index is 651. The molecule has 2 aromatic rings. The molecule has 0 atom stereocenters. The second-order valence-corrected chi connectivity index (χ2v) is 3.82. The van der Waals surface area contributed by atoms with E-state index in [0.717, 1.165) is 0 Å². The molecule has 0 aliphatic carbocycles. The summed E-state index contributed by atoms with van der Waals surface area (Å²) >= 11 is 0. The van der Waals surface area contributed by atoms with Crippen LogP contribution in [-0.2, 0) is 32.7 Å². The van der Waals surface area contributed by atoms with E-state index >= 15 is 0 Å². The maximum absolute atomic E-state index is 11.9. The summed E-state index contributed by atoms with van der Waals surface area (Å²) in [6, 6.07) is 3.48. The van der Waals surface area contributed by atoms with E-state index in [1.165, 1.54) is 6.20 Å². The van der Waals surface area contributed by atoms with Crippen molar-refractivity contribution in [3.63, 3.8) is 0 Å². The first-order valence-corrected chi connectivity index (χ1v) is 4.96. The maximum Gasteiger partial charge on any atom is 0.217 e. The molecule has 1 amide bonds. The third-order valence-electron chi connectivity index (χ3n) is 2.42. The number of pyridine rings is 2. The van der Waals surface area contributed by atoms with Crippen molar-refractivity contribution >= 4 is 22.8 Å². The smallest absolute Gasteiger partial charge is 0.217 e. The van der Waals surface area contributed by atoms with E-state index in [1.807, 2.05) is 14.1 Å². The van der Waals surface area contributed by atoms with Crippen LogP contribution in [-0.4, -0.2) is 30.0 Å². The minimum Gasteiger partial charge on any atom is -0.663 e. The van der Waals surface area contributed by atoms with Crippen LogP contribution in [0.3, 0.4) is 0 Å². The van der Waals surface area contributed by atoms with Crippen LogP contribution >= 0.6 is 0 Å². The number of anilines is 1. The largest absolute Gasteiger partial charge is 0.663 e. The van der Waals surface area contributed by atoms with Crippen molar-refractivity contribution in [1.29, 1.82) is 0 Å². The second-order valence-electron chi connectivity index (χ2n) is 3.82. The minimum atomic E-state index is -1.01. The number of nitrogens with zero attached hydrogens (tertiary/aromatic N) is 2. The van der Waals surface area contributed by atoms with E-state index in [2.05, 4.69) is 9.97 Å². The van der Waals surface area contributed by atoms with Crippen molar-refractivity contribution in [2.45, 2.75) is 0 Å². The molecule has 6 nitrogen and oxygen atoms in total. The first-order valence-electron chi connectivity index (χ1n) is 4.96. The summed E-state index contributed by atoms with van der Waals surface area (Å²) in [7, 11) is 3.61. The molecule has 91 valence electrons. The fraction of sp³-hybridized carbons (Fsp3) is 0.182. The number of nitrogens with one attached hydrogen (secondary N) is 2. The van der Waals surface area contributed by atoms with Crippen LogP contribution < -0.4 is 10.3 Å². The Morgan fingerprint density at radius 3 is 2.61 bits per heavy atom. The first kappa shape index (κ1) is 14.8. The second kappa shape index (κ2) is 5.58. The van der Waals surface area contributed by atoms with E-state index in [1.54, 1.807) is 17.0 Å². The van der Waals surface area contributed by atoms with E-state index in [-0.39, 0.29) is 43.8 Å². The minimum absolute atomic E-state index is 0. The van der Waals surface area contributed by atoms with Crippen LogP contribution in [0, 0.1) is 0 Å². The SMILES string of the molecule is CN(C)c1ccc2[nH]cc(C([NH-])=O)c(=O)c2n1.[Y]. The molecule has 0 saturated carbocycles. The van der Waals surface area contributed by atoms with E-state index in [0.29, 0.717) is 11.3 Å². The molecule has 0 saturated heterocycles. The van der Waals surface area contributed by atoms with Crippen molar-refractivity contribution in [3.05, 3.63) is 39.9 Å². The van der Waals surface area contributed by atoms with Gasteiger partial charge in [-0.25, -0.2) is 4.98 Å². The maximum atomic E-state index is 11.9. The molecule has 2 heterocycles. The number of aromatic amines is 1. The topological polar surface area (TPSA) is 89.9 Å². The van der Waals surface area contributed by atoms with Crippen molar-refractivity contribution in [3.8, 4) is 0 Å². The Hall–Kier alpha value is -1.27. The summed E-state index contributed by atoms with van der Waals surface area (Å²) in [6.07, 6.45) is 1.25. The molecule has 1 radical (unpaired) electrons.